The molecule has 4 nitrogen and oxygen atoms in total. The van der Waals surface area contributed by atoms with E-state index in [1.165, 1.54) is 0 Å². The quantitative estimate of drug-likeness (QED) is 0.148. The van der Waals surface area contributed by atoms with Gasteiger partial charge in [0, 0.05) is 16.7 Å². The van der Waals surface area contributed by atoms with Gasteiger partial charge in [-0.1, -0.05) is 127 Å². The van der Waals surface area contributed by atoms with Gasteiger partial charge in [0.2, 0.25) is 0 Å². The summed E-state index contributed by atoms with van der Waals surface area (Å²) in [6.07, 6.45) is 0. The predicted molar refractivity (Wildman–Crippen MR) is 194 cm³/mol. The molecule has 0 aromatic heterocycles. The van der Waals surface area contributed by atoms with Gasteiger partial charge in [0.15, 0.2) is 0 Å². The minimum atomic E-state index is -4.47. The van der Waals surface area contributed by atoms with Crippen LogP contribution in [-0.4, -0.2) is 0 Å². The zero-order valence-electron chi connectivity index (χ0n) is 27.7. The Morgan fingerprint density at radius 3 is 0.872 bits per heavy atom. The highest BCUT2D eigenvalue weighted by Gasteiger charge is 2.38. The van der Waals surface area contributed by atoms with Crippen molar-refractivity contribution in [1.82, 2.24) is 0 Å². The molecule has 0 spiro atoms. The third-order valence-electron chi connectivity index (χ3n) is 8.89. The molecule has 0 radical (unpaired) electrons. The molecule has 5 heteroatoms. The summed E-state index contributed by atoms with van der Waals surface area (Å²) >= 11 is 0. The Kier molecular flexibility index (Phi) is 9.07. The number of rotatable bonds is 9. The summed E-state index contributed by atoms with van der Waals surface area (Å²) in [5, 5.41) is 0. The van der Waals surface area contributed by atoms with Gasteiger partial charge in [0.1, 0.15) is 17.2 Å². The van der Waals surface area contributed by atoms with Gasteiger partial charge >= 0.3 is 7.82 Å². The number of benzene rings is 6. The first-order valence-electron chi connectivity index (χ1n) is 15.8. The van der Waals surface area contributed by atoms with Crippen LogP contribution in [0.15, 0.2) is 127 Å². The second-order valence-electron chi connectivity index (χ2n) is 12.0. The Labute approximate surface area is 278 Å². The van der Waals surface area contributed by atoms with Crippen molar-refractivity contribution in [3.8, 4) is 50.6 Å². The molecule has 47 heavy (non-hydrogen) atoms. The van der Waals surface area contributed by atoms with Crippen molar-refractivity contribution in [3.63, 3.8) is 0 Å². The molecule has 0 bridgehead atoms. The molecule has 6 rings (SSSR count). The van der Waals surface area contributed by atoms with E-state index in [9.17, 15) is 0 Å². The second-order valence-corrected chi connectivity index (χ2v) is 13.4. The Morgan fingerprint density at radius 2 is 0.617 bits per heavy atom. The van der Waals surface area contributed by atoms with E-state index in [-0.39, 0.29) is 0 Å². The minimum Gasteiger partial charge on any atom is -0.385 e. The van der Waals surface area contributed by atoms with E-state index in [1.807, 2.05) is 169 Å². The highest BCUT2D eigenvalue weighted by molar-refractivity contribution is 7.49. The summed E-state index contributed by atoms with van der Waals surface area (Å²) in [6.45, 7) is 12.0. The Bertz CT molecular complexity index is 1850. The molecular formula is C42H39O4P. The van der Waals surface area contributed by atoms with Gasteiger partial charge in [-0.15, -0.1) is 0 Å². The highest BCUT2D eigenvalue weighted by atomic mass is 31.2. The zero-order chi connectivity index (χ0) is 33.1. The fraction of sp³-hybridized carbons (Fsp3) is 0.143. The summed E-state index contributed by atoms with van der Waals surface area (Å²) in [7, 11) is -4.47. The molecule has 236 valence electrons. The monoisotopic (exact) mass is 638 g/mol. The van der Waals surface area contributed by atoms with Crippen LogP contribution in [0.2, 0.25) is 0 Å². The van der Waals surface area contributed by atoms with Crippen molar-refractivity contribution in [2.45, 2.75) is 41.5 Å². The summed E-state index contributed by atoms with van der Waals surface area (Å²) in [5.74, 6) is 1.37. The molecule has 0 amide bonds. The van der Waals surface area contributed by atoms with Crippen molar-refractivity contribution in [1.29, 1.82) is 0 Å². The lowest BCUT2D eigenvalue weighted by molar-refractivity contribution is 0.297. The summed E-state index contributed by atoms with van der Waals surface area (Å²) in [5.41, 5.74) is 10.8. The fourth-order valence-corrected chi connectivity index (χ4v) is 7.14. The molecule has 0 aliphatic heterocycles. The molecule has 0 aliphatic rings. The van der Waals surface area contributed by atoms with Crippen molar-refractivity contribution in [3.05, 3.63) is 161 Å². The topological polar surface area (TPSA) is 44.8 Å². The second kappa shape index (κ2) is 13.4. The molecular weight excluding hydrogens is 599 g/mol. The fourth-order valence-electron chi connectivity index (χ4n) is 5.65. The maximum Gasteiger partial charge on any atom is 0.647 e. The van der Waals surface area contributed by atoms with Gasteiger partial charge in [-0.2, -0.15) is 4.57 Å². The summed E-state index contributed by atoms with van der Waals surface area (Å²) in [4.78, 5) is 0. The molecule has 0 saturated heterocycles. The average molecular weight is 639 g/mol. The third-order valence-corrected chi connectivity index (χ3v) is 10.1. The molecule has 0 heterocycles. The van der Waals surface area contributed by atoms with Gasteiger partial charge in [-0.05, 0) is 91.6 Å². The van der Waals surface area contributed by atoms with E-state index in [2.05, 4.69) is 0 Å². The molecule has 0 fully saturated rings. The van der Waals surface area contributed by atoms with Crippen molar-refractivity contribution in [2.24, 2.45) is 0 Å². The van der Waals surface area contributed by atoms with Crippen LogP contribution < -0.4 is 13.6 Å². The van der Waals surface area contributed by atoms with Crippen molar-refractivity contribution < 1.29 is 18.1 Å². The average Bonchev–Trinajstić information content (AvgIpc) is 3.09. The minimum absolute atomic E-state index is 0.456. The third kappa shape index (κ3) is 6.61. The number of hydrogen-bond donors (Lipinski definition) is 0. The van der Waals surface area contributed by atoms with Crippen LogP contribution >= 0.6 is 7.82 Å². The number of hydrogen-bond acceptors (Lipinski definition) is 4. The predicted octanol–water partition coefficient (Wildman–Crippen LogP) is 12.2. The first-order valence-corrected chi connectivity index (χ1v) is 17.3. The van der Waals surface area contributed by atoms with Gasteiger partial charge in [0.05, 0.1) is 0 Å². The molecule has 0 N–H and O–H groups in total. The molecule has 0 aliphatic carbocycles. The summed E-state index contributed by atoms with van der Waals surface area (Å²) < 4.78 is 35.7. The van der Waals surface area contributed by atoms with Gasteiger partial charge in [-0.25, -0.2) is 0 Å². The molecule has 0 unspecified atom stereocenters. The lowest BCUT2D eigenvalue weighted by atomic mass is 9.99. The van der Waals surface area contributed by atoms with E-state index in [1.54, 1.807) is 0 Å². The summed E-state index contributed by atoms with van der Waals surface area (Å²) in [6, 6.07) is 42.0. The SMILES string of the molecule is Cc1ccc(-c2ccccc2)c(OP(=O)(Oc2c(-c3ccccc3)ccc(C)c2C)Oc2c(-c3ccccc3)ccc(C)c2C)c1C. The number of phosphoric acid groups is 1. The van der Waals surface area contributed by atoms with E-state index in [0.717, 1.165) is 66.8 Å². The van der Waals surface area contributed by atoms with Crippen LogP contribution in [0.4, 0.5) is 0 Å². The Balaban J connectivity index is 1.58. The van der Waals surface area contributed by atoms with Crippen LogP contribution in [0.5, 0.6) is 17.2 Å². The van der Waals surface area contributed by atoms with Crippen LogP contribution in [0, 0.1) is 41.5 Å². The first kappa shape index (κ1) is 31.9. The van der Waals surface area contributed by atoms with Crippen LogP contribution in [0.3, 0.4) is 0 Å². The number of phosphoric ester groups is 1. The lowest BCUT2D eigenvalue weighted by Gasteiger charge is -2.26. The smallest absolute Gasteiger partial charge is 0.385 e. The van der Waals surface area contributed by atoms with Gasteiger partial charge < -0.3 is 13.6 Å². The van der Waals surface area contributed by atoms with E-state index in [0.29, 0.717) is 17.2 Å². The molecule has 6 aromatic carbocycles. The van der Waals surface area contributed by atoms with Crippen LogP contribution in [0.25, 0.3) is 33.4 Å². The van der Waals surface area contributed by atoms with Crippen molar-refractivity contribution in [2.75, 3.05) is 0 Å². The normalized spacial score (nSPS) is 11.3. The number of aryl methyl sites for hydroxylation is 3. The maximum absolute atomic E-state index is 15.6. The molecule has 6 aromatic rings. The van der Waals surface area contributed by atoms with Gasteiger partial charge in [-0.3, -0.25) is 0 Å². The lowest BCUT2D eigenvalue weighted by Crippen LogP contribution is -2.12. The van der Waals surface area contributed by atoms with Gasteiger partial charge in [0.25, 0.3) is 0 Å². The highest BCUT2D eigenvalue weighted by Crippen LogP contribution is 2.56. The van der Waals surface area contributed by atoms with E-state index < -0.39 is 7.82 Å². The molecule has 0 saturated carbocycles. The maximum atomic E-state index is 15.6. The first-order chi connectivity index (χ1) is 22.6. The van der Waals surface area contributed by atoms with E-state index >= 15 is 4.57 Å². The molecule has 0 atom stereocenters. The van der Waals surface area contributed by atoms with Crippen LogP contribution in [-0.2, 0) is 4.57 Å². The van der Waals surface area contributed by atoms with Crippen molar-refractivity contribution >= 4 is 7.82 Å². The Morgan fingerprint density at radius 1 is 0.362 bits per heavy atom. The zero-order valence-corrected chi connectivity index (χ0v) is 28.6. The van der Waals surface area contributed by atoms with Crippen LogP contribution in [0.1, 0.15) is 33.4 Å². The largest absolute Gasteiger partial charge is 0.647 e. The Hall–Kier alpha value is -5.05. The standard InChI is InChI=1S/C42H39O4P/c1-28-22-25-37(34-16-10-7-11-17-34)40(31(28)4)44-47(43,45-41-32(5)29(2)23-26-38(41)35-18-12-8-13-19-35)46-42-33(6)30(3)24-27-39(42)36-20-14-9-15-21-36/h7-27H,1-6H3. The van der Waals surface area contributed by atoms with E-state index in [4.69, 9.17) is 13.6 Å².